The number of nitrogens with one attached hydrogen (secondary N) is 3. The molecule has 0 amide bonds. The van der Waals surface area contributed by atoms with E-state index in [1.807, 2.05) is 10.2 Å². The van der Waals surface area contributed by atoms with Gasteiger partial charge in [0, 0.05) is 13.1 Å². The number of aliphatic imine (C=N–C) groups is 1. The molecule has 3 rings (SSSR count). The number of hydrogen-bond donors (Lipinski definition) is 6. The third-order valence-corrected chi connectivity index (χ3v) is 4.58. The number of fused-ring (bicyclic) bond motifs is 1. The molecule has 12 nitrogen and oxygen atoms in total. The summed E-state index contributed by atoms with van der Waals surface area (Å²) in [5, 5.41) is 33.9. The van der Waals surface area contributed by atoms with Crippen molar-refractivity contribution in [2.45, 2.75) is 18.6 Å². The highest BCUT2D eigenvalue weighted by Gasteiger charge is 2.28. The van der Waals surface area contributed by atoms with Crippen LogP contribution in [-0.2, 0) is 16.6 Å². The van der Waals surface area contributed by atoms with Crippen LogP contribution in [0.4, 0.5) is 10.2 Å². The summed E-state index contributed by atoms with van der Waals surface area (Å²) in [7, 11) is -3.93. The number of nitrogens with two attached hydrogens (primary N) is 1. The second-order valence-electron chi connectivity index (χ2n) is 6.04. The number of halogens is 1. The molecular weight excluding hydrogens is 397 g/mol. The summed E-state index contributed by atoms with van der Waals surface area (Å²) in [5.74, 6) is -0.403. The molecule has 1 heterocycles. The van der Waals surface area contributed by atoms with Gasteiger partial charge in [0.15, 0.2) is 11.5 Å². The van der Waals surface area contributed by atoms with Gasteiger partial charge in [-0.1, -0.05) is 6.07 Å². The Morgan fingerprint density at radius 2 is 2.21 bits per heavy atom. The first-order chi connectivity index (χ1) is 13.3. The van der Waals surface area contributed by atoms with Gasteiger partial charge in [0.1, 0.15) is 5.82 Å². The summed E-state index contributed by atoms with van der Waals surface area (Å²) in [6.45, 7) is -0.448. The second kappa shape index (κ2) is 8.15. The molecule has 0 fully saturated rings. The van der Waals surface area contributed by atoms with E-state index < -0.39 is 16.3 Å². The van der Waals surface area contributed by atoms with E-state index in [2.05, 4.69) is 25.3 Å². The number of aromatic nitrogens is 2. The standard InChI is InChI=1S/C14H18FN7O5S/c15-8-2-1-7-3-11(10(7)4-8)19-14(20-24)12-13(22-27-21-12)17-5-9(23)6-18-28(16,25)26/h1-2,4,9,11,18,23-24H,3,5-6H2,(H,17,22)(H,19,20)(H2,16,25,26)/t9-,11-/m0/s1. The van der Waals surface area contributed by atoms with E-state index in [1.54, 1.807) is 6.07 Å². The zero-order valence-corrected chi connectivity index (χ0v) is 15.1. The van der Waals surface area contributed by atoms with Crippen molar-refractivity contribution in [2.24, 2.45) is 10.1 Å². The van der Waals surface area contributed by atoms with Gasteiger partial charge < -0.3 is 10.4 Å². The Hall–Kier alpha value is -2.65. The smallest absolute Gasteiger partial charge is 0.274 e. The van der Waals surface area contributed by atoms with Crippen LogP contribution in [0.25, 0.3) is 0 Å². The van der Waals surface area contributed by atoms with Gasteiger partial charge in [-0.15, -0.1) is 0 Å². The van der Waals surface area contributed by atoms with Crippen LogP contribution >= 0.6 is 0 Å². The maximum absolute atomic E-state index is 13.4. The largest absolute Gasteiger partial charge is 0.390 e. The van der Waals surface area contributed by atoms with Crippen LogP contribution < -0.4 is 20.7 Å². The maximum atomic E-state index is 13.4. The molecule has 7 N–H and O–H groups in total. The molecule has 0 aliphatic heterocycles. The van der Waals surface area contributed by atoms with E-state index in [4.69, 9.17) is 5.14 Å². The maximum Gasteiger partial charge on any atom is 0.274 e. The molecule has 1 aromatic carbocycles. The molecule has 2 atom stereocenters. The number of aliphatic hydroxyl groups is 1. The highest BCUT2D eigenvalue weighted by molar-refractivity contribution is 7.87. The van der Waals surface area contributed by atoms with Gasteiger partial charge in [-0.25, -0.2) is 14.2 Å². The van der Waals surface area contributed by atoms with Gasteiger partial charge in [-0.05, 0) is 40.0 Å². The fourth-order valence-electron chi connectivity index (χ4n) is 2.62. The molecule has 2 aromatic rings. The SMILES string of the molecule is NS(=O)(=O)NC[C@@H](O)CNc1nonc1C(=N[C@H]1Cc2ccc(F)cc21)NO. The van der Waals surface area contributed by atoms with Crippen molar-refractivity contribution in [3.05, 3.63) is 40.8 Å². The molecule has 0 unspecified atom stereocenters. The first-order valence-corrected chi connectivity index (χ1v) is 9.60. The fourth-order valence-corrected chi connectivity index (χ4v) is 3.05. The van der Waals surface area contributed by atoms with Gasteiger partial charge in [0.05, 0.1) is 12.1 Å². The van der Waals surface area contributed by atoms with Crippen LogP contribution in [0, 0.1) is 5.82 Å². The van der Waals surface area contributed by atoms with Crippen molar-refractivity contribution < 1.29 is 27.8 Å². The first kappa shape index (κ1) is 20.1. The molecule has 0 bridgehead atoms. The molecule has 14 heteroatoms. The van der Waals surface area contributed by atoms with E-state index in [0.29, 0.717) is 12.0 Å². The molecular formula is C14H18FN7O5S. The van der Waals surface area contributed by atoms with Crippen LogP contribution in [0.5, 0.6) is 0 Å². The lowest BCUT2D eigenvalue weighted by atomic mass is 9.83. The van der Waals surface area contributed by atoms with Gasteiger partial charge in [0.2, 0.25) is 5.82 Å². The van der Waals surface area contributed by atoms with E-state index in [9.17, 15) is 23.1 Å². The zero-order valence-electron chi connectivity index (χ0n) is 14.3. The average molecular weight is 415 g/mol. The summed E-state index contributed by atoms with van der Waals surface area (Å²) >= 11 is 0. The number of nitrogens with zero attached hydrogens (tertiary/aromatic N) is 3. The number of hydrogen-bond acceptors (Lipinski definition) is 9. The Kier molecular flexibility index (Phi) is 5.85. The van der Waals surface area contributed by atoms with Gasteiger partial charge in [0.25, 0.3) is 10.2 Å². The minimum Gasteiger partial charge on any atom is -0.390 e. The molecule has 0 spiro atoms. The lowest BCUT2D eigenvalue weighted by Gasteiger charge is -2.27. The van der Waals surface area contributed by atoms with Crippen molar-refractivity contribution in [1.29, 1.82) is 0 Å². The predicted octanol–water partition coefficient (Wildman–Crippen LogP) is -1.20. The molecule has 0 saturated carbocycles. The van der Waals surface area contributed by atoms with Crippen LogP contribution in [0.1, 0.15) is 22.9 Å². The number of aliphatic hydroxyl groups excluding tert-OH is 1. The van der Waals surface area contributed by atoms with Gasteiger partial charge in [-0.2, -0.15) is 13.1 Å². The average Bonchev–Trinajstić information content (AvgIpc) is 3.09. The lowest BCUT2D eigenvalue weighted by Crippen LogP contribution is -2.39. The van der Waals surface area contributed by atoms with Crippen molar-refractivity contribution in [3.63, 3.8) is 0 Å². The molecule has 0 saturated heterocycles. The van der Waals surface area contributed by atoms with Crippen LogP contribution in [0.2, 0.25) is 0 Å². The van der Waals surface area contributed by atoms with Crippen LogP contribution in [0.15, 0.2) is 27.8 Å². The fraction of sp³-hybridized carbons (Fsp3) is 0.357. The van der Waals surface area contributed by atoms with Gasteiger partial charge in [-0.3, -0.25) is 15.7 Å². The zero-order chi connectivity index (χ0) is 20.3. The Labute approximate surface area is 158 Å². The highest BCUT2D eigenvalue weighted by atomic mass is 32.2. The second-order valence-corrected chi connectivity index (χ2v) is 7.42. The molecule has 0 radical (unpaired) electrons. The van der Waals surface area contributed by atoms with E-state index >= 15 is 0 Å². The topological polar surface area (TPSA) is 188 Å². The third kappa shape index (κ3) is 4.79. The quantitative estimate of drug-likeness (QED) is 0.175. The molecule has 152 valence electrons. The van der Waals surface area contributed by atoms with Crippen LogP contribution in [-0.4, -0.2) is 54.1 Å². The predicted molar refractivity (Wildman–Crippen MR) is 94.2 cm³/mol. The van der Waals surface area contributed by atoms with E-state index in [0.717, 1.165) is 5.56 Å². The summed E-state index contributed by atoms with van der Waals surface area (Å²) in [6, 6.07) is 4.03. The van der Waals surface area contributed by atoms with Crippen molar-refractivity contribution in [1.82, 2.24) is 20.5 Å². The number of amidine groups is 1. The number of anilines is 1. The normalized spacial score (nSPS) is 17.6. The highest BCUT2D eigenvalue weighted by Crippen LogP contribution is 2.36. The van der Waals surface area contributed by atoms with Gasteiger partial charge >= 0.3 is 0 Å². The number of benzene rings is 1. The first-order valence-electron chi connectivity index (χ1n) is 8.05. The number of hydroxylamine groups is 1. The van der Waals surface area contributed by atoms with Crippen molar-refractivity contribution >= 4 is 21.9 Å². The minimum atomic E-state index is -3.93. The van der Waals surface area contributed by atoms with Crippen molar-refractivity contribution in [2.75, 3.05) is 18.4 Å². The molecule has 28 heavy (non-hydrogen) atoms. The van der Waals surface area contributed by atoms with Crippen LogP contribution in [0.3, 0.4) is 0 Å². The summed E-state index contributed by atoms with van der Waals surface area (Å²) in [5.41, 5.74) is 3.58. The minimum absolute atomic E-state index is 0.0268. The molecule has 1 aliphatic carbocycles. The lowest BCUT2D eigenvalue weighted by molar-refractivity contribution is 0.191. The summed E-state index contributed by atoms with van der Waals surface area (Å²) < 4.78 is 41.6. The Morgan fingerprint density at radius 1 is 1.43 bits per heavy atom. The molecule has 1 aromatic heterocycles. The van der Waals surface area contributed by atoms with E-state index in [1.165, 1.54) is 12.1 Å². The van der Waals surface area contributed by atoms with E-state index in [-0.39, 0.29) is 42.3 Å². The van der Waals surface area contributed by atoms with Crippen molar-refractivity contribution in [3.8, 4) is 0 Å². The summed E-state index contributed by atoms with van der Waals surface area (Å²) in [4.78, 5) is 4.30. The Balaban J connectivity index is 1.67. The Morgan fingerprint density at radius 3 is 2.93 bits per heavy atom. The molecule has 1 aliphatic rings. The third-order valence-electron chi connectivity index (χ3n) is 4.01. The Bertz CT molecular complexity index is 980. The number of rotatable bonds is 8. The monoisotopic (exact) mass is 415 g/mol. The summed E-state index contributed by atoms with van der Waals surface area (Å²) in [6.07, 6.45) is -0.570.